The number of anilines is 2. The Balaban J connectivity index is 1.56. The first kappa shape index (κ1) is 15.3. The smallest absolute Gasteiger partial charge is 0.157 e. The van der Waals surface area contributed by atoms with E-state index in [-0.39, 0.29) is 6.10 Å². The molecule has 1 atom stereocenters. The number of fused-ring (bicyclic) bond motifs is 2. The summed E-state index contributed by atoms with van der Waals surface area (Å²) in [7, 11) is 0. The predicted octanol–water partition coefficient (Wildman–Crippen LogP) is 3.45. The van der Waals surface area contributed by atoms with Crippen LogP contribution >= 0.6 is 0 Å². The Kier molecular flexibility index (Phi) is 3.60. The number of hydrogen-bond acceptors (Lipinski definition) is 6. The zero-order valence-corrected chi connectivity index (χ0v) is 14.2. The fourth-order valence-electron chi connectivity index (χ4n) is 3.86. The molecular weight excluding hydrogens is 330 g/mol. The Morgan fingerprint density at radius 1 is 1.31 bits per heavy atom. The molecule has 1 unspecified atom stereocenters. The summed E-state index contributed by atoms with van der Waals surface area (Å²) in [5.41, 5.74) is 5.69. The van der Waals surface area contributed by atoms with E-state index in [0.717, 1.165) is 66.4 Å². The lowest BCUT2D eigenvalue weighted by atomic mass is 10.1. The van der Waals surface area contributed by atoms with Crippen molar-refractivity contribution in [3.8, 4) is 0 Å². The van der Waals surface area contributed by atoms with Crippen LogP contribution in [0.2, 0.25) is 0 Å². The van der Waals surface area contributed by atoms with E-state index in [1.54, 1.807) is 12.4 Å². The maximum Gasteiger partial charge on any atom is 0.157 e. The Morgan fingerprint density at radius 2 is 2.27 bits per heavy atom. The van der Waals surface area contributed by atoms with Gasteiger partial charge in [0.05, 0.1) is 11.9 Å². The zero-order chi connectivity index (χ0) is 17.5. The molecule has 0 amide bonds. The fraction of sp³-hybridized carbons (Fsp3) is 0.316. The van der Waals surface area contributed by atoms with Gasteiger partial charge in [-0.15, -0.1) is 0 Å². The highest BCUT2D eigenvalue weighted by molar-refractivity contribution is 6.04. The number of nitrogens with zero attached hydrogens (tertiary/aromatic N) is 4. The van der Waals surface area contributed by atoms with Crippen molar-refractivity contribution in [1.29, 1.82) is 0 Å². The van der Waals surface area contributed by atoms with Gasteiger partial charge in [0.15, 0.2) is 5.65 Å². The van der Waals surface area contributed by atoms with Gasteiger partial charge in [0.25, 0.3) is 0 Å². The van der Waals surface area contributed by atoms with Crippen molar-refractivity contribution in [2.75, 3.05) is 11.9 Å². The minimum atomic E-state index is 0.0138. The van der Waals surface area contributed by atoms with Crippen molar-refractivity contribution in [1.82, 2.24) is 14.4 Å². The highest BCUT2D eigenvalue weighted by atomic mass is 16.5. The van der Waals surface area contributed by atoms with Crippen LogP contribution in [0, 0.1) is 0 Å². The Hall–Kier alpha value is -2.93. The monoisotopic (exact) mass is 349 g/mol. The molecule has 1 fully saturated rings. The summed E-state index contributed by atoms with van der Waals surface area (Å²) in [5.74, 6) is 0.920. The summed E-state index contributed by atoms with van der Waals surface area (Å²) in [6.07, 6.45) is 9.14. The Bertz CT molecular complexity index is 1000. The minimum Gasteiger partial charge on any atom is -0.411 e. The molecule has 2 aromatic heterocycles. The first-order valence-corrected chi connectivity index (χ1v) is 8.88. The number of imidazole rings is 1. The standard InChI is InChI=1S/C19H19N5O2/c25-23-15-6-3-12-10-13(4-5-14(12)15)21-19-18(16-2-1-9-26-16)22-17-11-20-7-8-24(17)19/h4-5,7-8,10-11,16,21,25H,1-3,6,9H2/b23-15+. The summed E-state index contributed by atoms with van der Waals surface area (Å²) in [6.45, 7) is 0.776. The van der Waals surface area contributed by atoms with E-state index in [9.17, 15) is 0 Å². The van der Waals surface area contributed by atoms with E-state index in [1.807, 2.05) is 22.7 Å². The number of rotatable bonds is 3. The number of aryl methyl sites for hydroxylation is 1. The second-order valence-electron chi connectivity index (χ2n) is 6.70. The molecule has 2 aliphatic rings. The maximum absolute atomic E-state index is 9.11. The highest BCUT2D eigenvalue weighted by Crippen LogP contribution is 2.35. The number of oxime groups is 1. The van der Waals surface area contributed by atoms with Gasteiger partial charge in [-0.1, -0.05) is 11.2 Å². The molecule has 3 aromatic rings. The quantitative estimate of drug-likeness (QED) is 0.559. The van der Waals surface area contributed by atoms with Crippen LogP contribution in [0.3, 0.4) is 0 Å². The molecule has 1 aliphatic heterocycles. The van der Waals surface area contributed by atoms with Gasteiger partial charge in [-0.2, -0.15) is 0 Å². The Labute approximate surface area is 150 Å². The van der Waals surface area contributed by atoms with Crippen molar-refractivity contribution >= 4 is 22.9 Å². The SMILES string of the molecule is O/N=C1\CCc2cc(Nc3c(C4CCCO4)nc4cnccn34)ccc21. The Morgan fingerprint density at radius 3 is 3.12 bits per heavy atom. The molecule has 26 heavy (non-hydrogen) atoms. The number of hydrogen-bond donors (Lipinski definition) is 2. The number of aromatic nitrogens is 3. The minimum absolute atomic E-state index is 0.0138. The molecule has 5 rings (SSSR count). The highest BCUT2D eigenvalue weighted by Gasteiger charge is 2.26. The van der Waals surface area contributed by atoms with Crippen molar-refractivity contribution in [2.45, 2.75) is 31.8 Å². The first-order chi connectivity index (χ1) is 12.8. The van der Waals surface area contributed by atoms with E-state index in [1.165, 1.54) is 5.56 Å². The third-order valence-electron chi connectivity index (χ3n) is 5.12. The lowest BCUT2D eigenvalue weighted by Crippen LogP contribution is -2.03. The van der Waals surface area contributed by atoms with Crippen LogP contribution in [0.5, 0.6) is 0 Å². The molecule has 0 saturated carbocycles. The van der Waals surface area contributed by atoms with Crippen molar-refractivity contribution in [2.24, 2.45) is 5.16 Å². The van der Waals surface area contributed by atoms with E-state index < -0.39 is 0 Å². The van der Waals surface area contributed by atoms with Crippen molar-refractivity contribution in [3.05, 3.63) is 53.6 Å². The fourth-order valence-corrected chi connectivity index (χ4v) is 3.86. The molecule has 7 nitrogen and oxygen atoms in total. The van der Waals surface area contributed by atoms with E-state index in [0.29, 0.717) is 0 Å². The van der Waals surface area contributed by atoms with Gasteiger partial charge in [0.2, 0.25) is 0 Å². The first-order valence-electron chi connectivity index (χ1n) is 8.88. The summed E-state index contributed by atoms with van der Waals surface area (Å²) < 4.78 is 7.88. The molecule has 0 spiro atoms. The van der Waals surface area contributed by atoms with Gasteiger partial charge in [0.1, 0.15) is 17.6 Å². The van der Waals surface area contributed by atoms with Gasteiger partial charge in [0, 0.05) is 30.3 Å². The topological polar surface area (TPSA) is 84.0 Å². The normalized spacial score (nSPS) is 20.8. The summed E-state index contributed by atoms with van der Waals surface area (Å²) in [5, 5.41) is 16.0. The second-order valence-corrected chi connectivity index (χ2v) is 6.70. The molecular formula is C19H19N5O2. The summed E-state index contributed by atoms with van der Waals surface area (Å²) in [6, 6.07) is 6.14. The largest absolute Gasteiger partial charge is 0.411 e. The average molecular weight is 349 g/mol. The van der Waals surface area contributed by atoms with E-state index in [4.69, 9.17) is 14.9 Å². The van der Waals surface area contributed by atoms with Gasteiger partial charge < -0.3 is 15.3 Å². The summed E-state index contributed by atoms with van der Waals surface area (Å²) >= 11 is 0. The number of ether oxygens (including phenoxy) is 1. The molecule has 1 aliphatic carbocycles. The van der Waals surface area contributed by atoms with Gasteiger partial charge in [-0.3, -0.25) is 9.38 Å². The van der Waals surface area contributed by atoms with E-state index >= 15 is 0 Å². The molecule has 2 N–H and O–H groups in total. The molecule has 0 bridgehead atoms. The van der Waals surface area contributed by atoms with E-state index in [2.05, 4.69) is 21.5 Å². The lowest BCUT2D eigenvalue weighted by molar-refractivity contribution is 0.109. The van der Waals surface area contributed by atoms with Gasteiger partial charge in [-0.25, -0.2) is 4.98 Å². The van der Waals surface area contributed by atoms with Crippen molar-refractivity contribution < 1.29 is 9.94 Å². The molecule has 1 saturated heterocycles. The average Bonchev–Trinajstić information content (AvgIpc) is 3.40. The number of nitrogens with one attached hydrogen (secondary N) is 1. The zero-order valence-electron chi connectivity index (χ0n) is 14.2. The molecule has 3 heterocycles. The molecule has 7 heteroatoms. The van der Waals surface area contributed by atoms with Gasteiger partial charge in [-0.05, 0) is 43.4 Å². The second kappa shape index (κ2) is 6.10. The molecule has 0 radical (unpaired) electrons. The van der Waals surface area contributed by atoms with Gasteiger partial charge >= 0.3 is 0 Å². The third-order valence-corrected chi connectivity index (χ3v) is 5.12. The van der Waals surface area contributed by atoms with Crippen LogP contribution < -0.4 is 5.32 Å². The maximum atomic E-state index is 9.11. The van der Waals surface area contributed by atoms with Crippen LogP contribution in [0.1, 0.15) is 42.2 Å². The van der Waals surface area contributed by atoms with Crippen LogP contribution in [0.4, 0.5) is 11.5 Å². The lowest BCUT2D eigenvalue weighted by Gasteiger charge is -2.13. The molecule has 132 valence electrons. The van der Waals surface area contributed by atoms with Crippen molar-refractivity contribution in [3.63, 3.8) is 0 Å². The number of benzene rings is 1. The van der Waals surface area contributed by atoms with Crippen LogP contribution in [0.15, 0.2) is 41.9 Å². The summed E-state index contributed by atoms with van der Waals surface area (Å²) in [4.78, 5) is 8.93. The van der Waals surface area contributed by atoms with Crippen LogP contribution in [0.25, 0.3) is 5.65 Å². The van der Waals surface area contributed by atoms with Crippen LogP contribution in [-0.4, -0.2) is 31.9 Å². The predicted molar refractivity (Wildman–Crippen MR) is 97.3 cm³/mol. The van der Waals surface area contributed by atoms with Crippen LogP contribution in [-0.2, 0) is 11.2 Å². The third kappa shape index (κ3) is 2.43. The molecule has 1 aromatic carbocycles.